The summed E-state index contributed by atoms with van der Waals surface area (Å²) >= 11 is 7.20. The molecule has 1 aromatic heterocycles. The van der Waals surface area contributed by atoms with Gasteiger partial charge in [0.25, 0.3) is 0 Å². The fourth-order valence-corrected chi connectivity index (χ4v) is 3.77. The summed E-state index contributed by atoms with van der Waals surface area (Å²) in [7, 11) is 3.26. The molecule has 9 nitrogen and oxygen atoms in total. The van der Waals surface area contributed by atoms with Gasteiger partial charge < -0.3 is 24.7 Å². The average molecular weight is 490 g/mol. The van der Waals surface area contributed by atoms with E-state index in [1.54, 1.807) is 54.1 Å². The highest BCUT2D eigenvalue weighted by molar-refractivity contribution is 7.99. The Kier molecular flexibility index (Phi) is 8.56. The van der Waals surface area contributed by atoms with E-state index in [0.29, 0.717) is 39.7 Å². The molecule has 0 aliphatic heterocycles. The molecule has 3 rings (SSSR count). The third-order valence-corrected chi connectivity index (χ3v) is 5.72. The minimum Gasteiger partial charge on any atom is -0.495 e. The first kappa shape index (κ1) is 24.4. The summed E-state index contributed by atoms with van der Waals surface area (Å²) in [5.41, 5.74) is 1.15. The standard InChI is InChI=1S/C22H24ClN5O4S/c1-4-32-16-8-6-15(7-9-16)24-20(29)12-19-26-27-22(28(19)2)33-13-21(30)25-17-11-14(23)5-10-18(17)31-3/h5-11H,4,12-13H2,1-3H3,(H,24,29)(H,25,30). The first-order valence-electron chi connectivity index (χ1n) is 10.1. The van der Waals surface area contributed by atoms with E-state index in [1.165, 1.54) is 18.9 Å². The third-order valence-electron chi connectivity index (χ3n) is 4.46. The van der Waals surface area contributed by atoms with Crippen molar-refractivity contribution >= 4 is 46.6 Å². The molecule has 1 heterocycles. The number of nitrogens with one attached hydrogen (secondary N) is 2. The Hall–Kier alpha value is -3.24. The topological polar surface area (TPSA) is 107 Å². The molecule has 0 saturated carbocycles. The number of carbonyl (C=O) groups is 2. The number of amides is 2. The molecule has 2 N–H and O–H groups in total. The number of anilines is 2. The lowest BCUT2D eigenvalue weighted by molar-refractivity contribution is -0.116. The zero-order valence-corrected chi connectivity index (χ0v) is 20.0. The van der Waals surface area contributed by atoms with E-state index >= 15 is 0 Å². The van der Waals surface area contributed by atoms with E-state index < -0.39 is 0 Å². The van der Waals surface area contributed by atoms with E-state index in [0.717, 1.165) is 5.75 Å². The molecule has 174 valence electrons. The first-order valence-corrected chi connectivity index (χ1v) is 11.4. The van der Waals surface area contributed by atoms with Crippen LogP contribution in [0.25, 0.3) is 0 Å². The van der Waals surface area contributed by atoms with Crippen LogP contribution in [0.5, 0.6) is 11.5 Å². The van der Waals surface area contributed by atoms with Crippen LogP contribution in [0.1, 0.15) is 12.7 Å². The maximum absolute atomic E-state index is 12.4. The molecule has 11 heteroatoms. The normalized spacial score (nSPS) is 10.5. The molecule has 3 aromatic rings. The third kappa shape index (κ3) is 6.87. The molecule has 0 fully saturated rings. The minimum atomic E-state index is -0.252. The SMILES string of the molecule is CCOc1ccc(NC(=O)Cc2nnc(SCC(=O)Nc3cc(Cl)ccc3OC)n2C)cc1. The number of rotatable bonds is 10. The van der Waals surface area contributed by atoms with E-state index in [1.807, 2.05) is 6.92 Å². The monoisotopic (exact) mass is 489 g/mol. The zero-order valence-electron chi connectivity index (χ0n) is 18.4. The van der Waals surface area contributed by atoms with Gasteiger partial charge >= 0.3 is 0 Å². The maximum atomic E-state index is 12.4. The number of halogens is 1. The van der Waals surface area contributed by atoms with Gasteiger partial charge in [-0.05, 0) is 49.4 Å². The molecule has 2 aromatic carbocycles. The molecule has 0 radical (unpaired) electrons. The van der Waals surface area contributed by atoms with E-state index in [2.05, 4.69) is 20.8 Å². The number of thioether (sulfide) groups is 1. The Balaban J connectivity index is 1.53. The number of methoxy groups -OCH3 is 1. The zero-order chi connectivity index (χ0) is 23.8. The van der Waals surface area contributed by atoms with Crippen molar-refractivity contribution < 1.29 is 19.1 Å². The van der Waals surface area contributed by atoms with Gasteiger partial charge in [-0.25, -0.2) is 0 Å². The van der Waals surface area contributed by atoms with Crippen LogP contribution in [-0.4, -0.2) is 46.0 Å². The van der Waals surface area contributed by atoms with Gasteiger partial charge in [-0.15, -0.1) is 10.2 Å². The predicted octanol–water partition coefficient (Wildman–Crippen LogP) is 3.79. The molecular weight excluding hydrogens is 466 g/mol. The molecule has 0 unspecified atom stereocenters. The van der Waals surface area contributed by atoms with Crippen LogP contribution < -0.4 is 20.1 Å². The Bertz CT molecular complexity index is 1120. The van der Waals surface area contributed by atoms with Crippen LogP contribution in [-0.2, 0) is 23.1 Å². The number of aromatic nitrogens is 3. The summed E-state index contributed by atoms with van der Waals surface area (Å²) in [6, 6.07) is 12.1. The summed E-state index contributed by atoms with van der Waals surface area (Å²) in [6.45, 7) is 2.49. The number of hydrogen-bond acceptors (Lipinski definition) is 7. The maximum Gasteiger partial charge on any atom is 0.234 e. The second-order valence-electron chi connectivity index (χ2n) is 6.82. The lowest BCUT2D eigenvalue weighted by Gasteiger charge is -2.10. The molecule has 0 spiro atoms. The van der Waals surface area contributed by atoms with Gasteiger partial charge in [-0.3, -0.25) is 9.59 Å². The van der Waals surface area contributed by atoms with Gasteiger partial charge in [0.1, 0.15) is 17.3 Å². The van der Waals surface area contributed by atoms with Crippen LogP contribution in [0, 0.1) is 0 Å². The summed E-state index contributed by atoms with van der Waals surface area (Å²) in [5, 5.41) is 14.8. The molecule has 0 aliphatic carbocycles. The minimum absolute atomic E-state index is 0.0448. The van der Waals surface area contributed by atoms with E-state index in [-0.39, 0.29) is 24.0 Å². The summed E-state index contributed by atoms with van der Waals surface area (Å²) < 4.78 is 12.3. The smallest absolute Gasteiger partial charge is 0.234 e. The van der Waals surface area contributed by atoms with Gasteiger partial charge in [-0.1, -0.05) is 23.4 Å². The van der Waals surface area contributed by atoms with Crippen molar-refractivity contribution in [2.75, 3.05) is 30.1 Å². The molecule has 0 saturated heterocycles. The Morgan fingerprint density at radius 3 is 2.55 bits per heavy atom. The van der Waals surface area contributed by atoms with Crippen LogP contribution in [0.3, 0.4) is 0 Å². The van der Waals surface area contributed by atoms with Crippen LogP contribution in [0.15, 0.2) is 47.6 Å². The predicted molar refractivity (Wildman–Crippen MR) is 128 cm³/mol. The Labute approximate surface area is 200 Å². The summed E-state index contributed by atoms with van der Waals surface area (Å²) in [4.78, 5) is 24.8. The van der Waals surface area contributed by atoms with Gasteiger partial charge in [0.15, 0.2) is 5.16 Å². The highest BCUT2D eigenvalue weighted by Crippen LogP contribution is 2.28. The number of hydrogen-bond donors (Lipinski definition) is 2. The van der Waals surface area contributed by atoms with Gasteiger partial charge in [-0.2, -0.15) is 0 Å². The lowest BCUT2D eigenvalue weighted by atomic mass is 10.3. The van der Waals surface area contributed by atoms with Crippen molar-refractivity contribution in [3.63, 3.8) is 0 Å². The fourth-order valence-electron chi connectivity index (χ4n) is 2.87. The first-order chi connectivity index (χ1) is 15.9. The summed E-state index contributed by atoms with van der Waals surface area (Å²) in [5.74, 6) is 1.36. The number of benzene rings is 2. The van der Waals surface area contributed by atoms with Crippen LogP contribution in [0.4, 0.5) is 11.4 Å². The van der Waals surface area contributed by atoms with E-state index in [4.69, 9.17) is 21.1 Å². The highest BCUT2D eigenvalue weighted by Gasteiger charge is 2.15. The average Bonchev–Trinajstić information content (AvgIpc) is 3.13. The number of nitrogens with zero attached hydrogens (tertiary/aromatic N) is 3. The van der Waals surface area contributed by atoms with Crippen molar-refractivity contribution in [2.24, 2.45) is 7.05 Å². The van der Waals surface area contributed by atoms with Crippen molar-refractivity contribution in [2.45, 2.75) is 18.5 Å². The molecule has 0 aliphatic rings. The second-order valence-corrected chi connectivity index (χ2v) is 8.20. The van der Waals surface area contributed by atoms with E-state index in [9.17, 15) is 9.59 Å². The lowest BCUT2D eigenvalue weighted by Crippen LogP contribution is -2.17. The molecule has 33 heavy (non-hydrogen) atoms. The molecule has 0 bridgehead atoms. The van der Waals surface area contributed by atoms with Gasteiger partial charge in [0, 0.05) is 17.8 Å². The number of carbonyl (C=O) groups excluding carboxylic acids is 2. The summed E-state index contributed by atoms with van der Waals surface area (Å²) in [6.07, 6.45) is 0.0448. The molecule has 2 amide bonds. The molecular formula is C22H24ClN5O4S. The van der Waals surface area contributed by atoms with Crippen molar-refractivity contribution in [3.8, 4) is 11.5 Å². The van der Waals surface area contributed by atoms with Crippen LogP contribution in [0.2, 0.25) is 5.02 Å². The van der Waals surface area contributed by atoms with Gasteiger partial charge in [0.2, 0.25) is 11.8 Å². The largest absolute Gasteiger partial charge is 0.495 e. The second kappa shape index (κ2) is 11.6. The van der Waals surface area contributed by atoms with Crippen molar-refractivity contribution in [1.82, 2.24) is 14.8 Å². The van der Waals surface area contributed by atoms with Crippen molar-refractivity contribution in [3.05, 3.63) is 53.3 Å². The number of ether oxygens (including phenoxy) is 2. The quantitative estimate of drug-likeness (QED) is 0.417. The molecule has 0 atom stereocenters. The van der Waals surface area contributed by atoms with Crippen LogP contribution >= 0.6 is 23.4 Å². The van der Waals surface area contributed by atoms with Gasteiger partial charge in [0.05, 0.1) is 31.6 Å². The fraction of sp³-hybridized carbons (Fsp3) is 0.273. The van der Waals surface area contributed by atoms with Crippen molar-refractivity contribution in [1.29, 1.82) is 0 Å². The Morgan fingerprint density at radius 2 is 1.85 bits per heavy atom. The Morgan fingerprint density at radius 1 is 1.09 bits per heavy atom. The highest BCUT2D eigenvalue weighted by atomic mass is 35.5.